The van der Waals surface area contributed by atoms with E-state index in [4.69, 9.17) is 15.1 Å². The van der Waals surface area contributed by atoms with Crippen molar-refractivity contribution < 1.29 is 29.3 Å². The maximum atomic E-state index is 11.6. The maximum absolute atomic E-state index is 11.6. The molecular weight excluding hydrogens is 331 g/mol. The Hall–Kier alpha value is -2.63. The number of fused-ring (bicyclic) bond motifs is 1. The van der Waals surface area contributed by atoms with Crippen molar-refractivity contribution in [1.82, 2.24) is 15.0 Å². The quantitative estimate of drug-likeness (QED) is 0.499. The number of ether oxygens (including phenoxy) is 1. The van der Waals surface area contributed by atoms with Crippen LogP contribution in [0.25, 0.3) is 0 Å². The highest BCUT2D eigenvalue weighted by Crippen LogP contribution is 2.38. The average Bonchev–Trinajstić information content (AvgIpc) is 2.99. The highest BCUT2D eigenvalue weighted by Gasteiger charge is 2.32. The van der Waals surface area contributed by atoms with Crippen LogP contribution in [0.2, 0.25) is 6.32 Å². The Bertz CT molecular complexity index is 794. The van der Waals surface area contributed by atoms with Crippen LogP contribution in [-0.4, -0.2) is 49.4 Å². The molecule has 2 heterocycles. The van der Waals surface area contributed by atoms with Crippen molar-refractivity contribution in [3.05, 3.63) is 35.2 Å². The van der Waals surface area contributed by atoms with Crippen LogP contribution in [0.4, 0.5) is 0 Å². The zero-order chi connectivity index (χ0) is 18.0. The van der Waals surface area contributed by atoms with Crippen molar-refractivity contribution in [2.24, 2.45) is 5.73 Å². The number of carboxylic acid groups (broad SMARTS) is 1. The molecule has 1 aliphatic rings. The molecule has 0 atom stereocenters. The molecular formula is C14H18BN4O6-. The lowest BCUT2D eigenvalue weighted by Gasteiger charge is -2.37. The number of rotatable bonds is 6. The molecule has 0 aliphatic carbocycles. The van der Waals surface area contributed by atoms with Crippen molar-refractivity contribution >= 4 is 12.7 Å². The summed E-state index contributed by atoms with van der Waals surface area (Å²) < 4.78 is 12.2. The third-order valence-electron chi connectivity index (χ3n) is 3.83. The van der Waals surface area contributed by atoms with Crippen molar-refractivity contribution in [1.29, 1.82) is 0 Å². The zero-order valence-electron chi connectivity index (χ0n) is 13.3. The first-order chi connectivity index (χ1) is 11.9. The number of hydrogen-bond acceptors (Lipinski definition) is 8. The lowest BCUT2D eigenvalue weighted by Crippen LogP contribution is -2.45. The van der Waals surface area contributed by atoms with E-state index in [1.165, 1.54) is 6.07 Å². The van der Waals surface area contributed by atoms with Crippen LogP contribution in [0.1, 0.15) is 21.6 Å². The Morgan fingerprint density at radius 3 is 2.96 bits per heavy atom. The van der Waals surface area contributed by atoms with Crippen LogP contribution in [0.5, 0.6) is 11.5 Å². The highest BCUT2D eigenvalue weighted by molar-refractivity contribution is 6.59. The molecule has 0 fully saturated rings. The summed E-state index contributed by atoms with van der Waals surface area (Å²) in [7, 11) is 0. The molecule has 0 bridgehead atoms. The van der Waals surface area contributed by atoms with Crippen LogP contribution in [0, 0.1) is 0 Å². The molecule has 1 aliphatic heterocycles. The molecule has 0 spiro atoms. The summed E-state index contributed by atoms with van der Waals surface area (Å²) in [6, 6.07) is 3.17. The predicted molar refractivity (Wildman–Crippen MR) is 86.1 cm³/mol. The van der Waals surface area contributed by atoms with E-state index >= 15 is 0 Å². The van der Waals surface area contributed by atoms with Gasteiger partial charge in [-0.05, 0) is 18.1 Å². The van der Waals surface area contributed by atoms with Gasteiger partial charge >= 0.3 is 12.7 Å². The minimum atomic E-state index is -3.07. The molecule has 3 rings (SSSR count). The minimum absolute atomic E-state index is 0.00181. The van der Waals surface area contributed by atoms with Crippen LogP contribution < -0.4 is 15.1 Å². The highest BCUT2D eigenvalue weighted by atomic mass is 16.6. The molecule has 10 nitrogen and oxygen atoms in total. The number of carbonyl (C=O) groups is 1. The van der Waals surface area contributed by atoms with E-state index < -0.39 is 12.7 Å². The molecule has 0 saturated heterocycles. The van der Waals surface area contributed by atoms with E-state index in [0.29, 0.717) is 30.8 Å². The second-order valence-corrected chi connectivity index (χ2v) is 5.80. The molecule has 0 saturated carbocycles. The van der Waals surface area contributed by atoms with Gasteiger partial charge in [-0.2, -0.15) is 0 Å². The van der Waals surface area contributed by atoms with E-state index in [1.807, 2.05) is 0 Å². The molecule has 11 heteroatoms. The van der Waals surface area contributed by atoms with Crippen LogP contribution in [-0.2, 0) is 19.6 Å². The van der Waals surface area contributed by atoms with Gasteiger partial charge in [-0.25, -0.2) is 4.79 Å². The van der Waals surface area contributed by atoms with E-state index in [-0.39, 0.29) is 30.0 Å². The van der Waals surface area contributed by atoms with Gasteiger partial charge in [-0.3, -0.25) is 4.68 Å². The van der Waals surface area contributed by atoms with Crippen LogP contribution in [0.3, 0.4) is 0 Å². The monoisotopic (exact) mass is 349 g/mol. The summed E-state index contributed by atoms with van der Waals surface area (Å²) in [5, 5.41) is 36.7. The maximum Gasteiger partial charge on any atom is 0.430 e. The molecule has 0 unspecified atom stereocenters. The van der Waals surface area contributed by atoms with Crippen LogP contribution >= 0.6 is 0 Å². The number of carboxylic acids is 1. The van der Waals surface area contributed by atoms with E-state index in [0.717, 1.165) is 0 Å². The van der Waals surface area contributed by atoms with E-state index in [1.54, 1.807) is 16.9 Å². The van der Waals surface area contributed by atoms with Gasteiger partial charge in [-0.15, -0.1) is 5.10 Å². The summed E-state index contributed by atoms with van der Waals surface area (Å²) in [5.74, 6) is -1.31. The summed E-state index contributed by atoms with van der Waals surface area (Å²) >= 11 is 0. The van der Waals surface area contributed by atoms with Gasteiger partial charge in [-0.1, -0.05) is 17.6 Å². The minimum Gasteiger partial charge on any atom is -0.669 e. The molecule has 0 amide bonds. The third-order valence-corrected chi connectivity index (χ3v) is 3.83. The molecule has 2 aromatic rings. The Morgan fingerprint density at radius 2 is 2.24 bits per heavy atom. The largest absolute Gasteiger partial charge is 0.669 e. The smallest absolute Gasteiger partial charge is 0.430 e. The Balaban J connectivity index is 1.84. The van der Waals surface area contributed by atoms with Crippen LogP contribution in [0.15, 0.2) is 18.3 Å². The Kier molecular flexibility index (Phi) is 4.62. The molecule has 0 radical (unpaired) electrons. The summed E-state index contributed by atoms with van der Waals surface area (Å²) in [6.45, 7) is -2.15. The fourth-order valence-electron chi connectivity index (χ4n) is 2.65. The molecule has 1 aromatic heterocycles. The van der Waals surface area contributed by atoms with Gasteiger partial charge in [0.25, 0.3) is 0 Å². The normalized spacial score (nSPS) is 15.3. The predicted octanol–water partition coefficient (Wildman–Crippen LogP) is -0.628. The average molecular weight is 349 g/mol. The first-order valence-corrected chi connectivity index (χ1v) is 7.80. The topological polar surface area (TPSA) is 153 Å². The van der Waals surface area contributed by atoms with Gasteiger partial charge < -0.3 is 30.3 Å². The first-order valence-electron chi connectivity index (χ1n) is 7.80. The fourth-order valence-corrected chi connectivity index (χ4v) is 2.65. The van der Waals surface area contributed by atoms with Gasteiger partial charge in [0, 0.05) is 6.54 Å². The second kappa shape index (κ2) is 6.71. The van der Waals surface area contributed by atoms with Gasteiger partial charge in [0.05, 0.1) is 18.5 Å². The Morgan fingerprint density at radius 1 is 1.44 bits per heavy atom. The first kappa shape index (κ1) is 17.2. The summed E-state index contributed by atoms with van der Waals surface area (Å²) in [4.78, 5) is 11.6. The number of aromatic nitrogens is 3. The molecule has 25 heavy (non-hydrogen) atoms. The van der Waals surface area contributed by atoms with Gasteiger partial charge in [0.1, 0.15) is 23.6 Å². The molecule has 134 valence electrons. The number of aryl methyl sites for hydroxylation is 1. The summed E-state index contributed by atoms with van der Waals surface area (Å²) in [6.07, 6.45) is 1.96. The lowest BCUT2D eigenvalue weighted by atomic mass is 9.70. The van der Waals surface area contributed by atoms with Crippen molar-refractivity contribution in [3.63, 3.8) is 0 Å². The van der Waals surface area contributed by atoms with Crippen molar-refractivity contribution in [2.75, 3.05) is 6.54 Å². The fraction of sp³-hybridized carbons (Fsp3) is 0.357. The zero-order valence-corrected chi connectivity index (χ0v) is 13.3. The Labute approximate surface area is 142 Å². The molecule has 5 N–H and O–H groups in total. The van der Waals surface area contributed by atoms with Gasteiger partial charge in [0.2, 0.25) is 0 Å². The lowest BCUT2D eigenvalue weighted by molar-refractivity contribution is 0.0687. The number of nitrogens with zero attached hydrogens (tertiary/aromatic N) is 3. The number of benzene rings is 1. The second-order valence-electron chi connectivity index (χ2n) is 5.80. The molecule has 1 aromatic carbocycles. The summed E-state index contributed by atoms with van der Waals surface area (Å²) in [5.41, 5.74) is 6.28. The SMILES string of the molecule is NCCn1cc(COc2ccc3c(c2C(=O)O)O[B-](O)(O)CC3)nn1. The third kappa shape index (κ3) is 3.73. The van der Waals surface area contributed by atoms with Crippen molar-refractivity contribution in [3.8, 4) is 11.5 Å². The van der Waals surface area contributed by atoms with E-state index in [9.17, 15) is 19.9 Å². The van der Waals surface area contributed by atoms with Gasteiger partial charge in [0.15, 0.2) is 0 Å². The van der Waals surface area contributed by atoms with Crippen molar-refractivity contribution in [2.45, 2.75) is 25.9 Å². The standard InChI is InChI=1S/C14H18BN4O6/c16-5-6-19-7-10(17-18-19)8-24-11-2-1-9-3-4-15(22,23)25-13(9)12(11)14(20)21/h1-2,7,22-23H,3-6,8,16H2,(H,20,21)/q-1. The number of nitrogens with two attached hydrogens (primary N) is 1. The van der Waals surface area contributed by atoms with E-state index in [2.05, 4.69) is 10.3 Å². The number of aromatic carboxylic acids is 1. The number of hydrogen-bond donors (Lipinski definition) is 4.